The molecular weight excluding hydrogens is 374 g/mol. The quantitative estimate of drug-likeness (QED) is 0.391. The first kappa shape index (κ1) is 18.4. The molecule has 0 spiro atoms. The Bertz CT molecular complexity index is 1130. The SMILES string of the molecule is COc1cccc(CN2Cc3c(sc4ccccc34)C(c3ccccc3)C2C)c1. The maximum Gasteiger partial charge on any atom is 0.119 e. The Morgan fingerprint density at radius 2 is 1.76 bits per heavy atom. The highest BCUT2D eigenvalue weighted by atomic mass is 32.1. The summed E-state index contributed by atoms with van der Waals surface area (Å²) in [7, 11) is 1.73. The fourth-order valence-electron chi connectivity index (χ4n) is 4.60. The summed E-state index contributed by atoms with van der Waals surface area (Å²) in [4.78, 5) is 4.15. The van der Waals surface area contributed by atoms with Crippen LogP contribution in [-0.2, 0) is 13.1 Å². The molecule has 5 rings (SSSR count). The number of rotatable bonds is 4. The normalized spacial score (nSPS) is 19.2. The predicted molar refractivity (Wildman–Crippen MR) is 122 cm³/mol. The first-order valence-corrected chi connectivity index (χ1v) is 11.0. The molecule has 0 saturated heterocycles. The van der Waals surface area contributed by atoms with Crippen molar-refractivity contribution < 1.29 is 4.74 Å². The molecule has 0 fully saturated rings. The molecule has 0 aliphatic carbocycles. The van der Waals surface area contributed by atoms with Crippen LogP contribution in [0.3, 0.4) is 0 Å². The molecule has 29 heavy (non-hydrogen) atoms. The van der Waals surface area contributed by atoms with Crippen LogP contribution in [0.1, 0.15) is 34.4 Å². The van der Waals surface area contributed by atoms with E-state index in [1.54, 1.807) is 7.11 Å². The maximum atomic E-state index is 5.45. The van der Waals surface area contributed by atoms with E-state index in [2.05, 4.69) is 84.6 Å². The molecule has 2 unspecified atom stereocenters. The third kappa shape index (κ3) is 3.35. The van der Waals surface area contributed by atoms with Crippen molar-refractivity contribution in [3.63, 3.8) is 0 Å². The number of methoxy groups -OCH3 is 1. The van der Waals surface area contributed by atoms with Crippen molar-refractivity contribution in [3.8, 4) is 5.75 Å². The van der Waals surface area contributed by atoms with Crippen molar-refractivity contribution in [2.45, 2.75) is 32.0 Å². The van der Waals surface area contributed by atoms with Gasteiger partial charge in [0.15, 0.2) is 0 Å². The molecular formula is C26H25NOS. The second-order valence-corrected chi connectivity index (χ2v) is 8.91. The zero-order valence-electron chi connectivity index (χ0n) is 16.8. The van der Waals surface area contributed by atoms with Gasteiger partial charge < -0.3 is 4.74 Å². The number of hydrogen-bond acceptors (Lipinski definition) is 3. The van der Waals surface area contributed by atoms with Gasteiger partial charge in [0.1, 0.15) is 5.75 Å². The molecule has 3 heteroatoms. The molecule has 2 heterocycles. The molecule has 3 aromatic carbocycles. The predicted octanol–water partition coefficient (Wildman–Crippen LogP) is 6.45. The second kappa shape index (κ2) is 7.66. The summed E-state index contributed by atoms with van der Waals surface area (Å²) in [5.74, 6) is 1.32. The lowest BCUT2D eigenvalue weighted by atomic mass is 9.84. The van der Waals surface area contributed by atoms with Crippen molar-refractivity contribution >= 4 is 21.4 Å². The largest absolute Gasteiger partial charge is 0.497 e. The van der Waals surface area contributed by atoms with Crippen LogP contribution in [0.5, 0.6) is 5.75 Å². The van der Waals surface area contributed by atoms with E-state index in [-0.39, 0.29) is 0 Å². The summed E-state index contributed by atoms with van der Waals surface area (Å²) in [5.41, 5.74) is 4.20. The zero-order valence-corrected chi connectivity index (χ0v) is 17.7. The van der Waals surface area contributed by atoms with E-state index in [0.29, 0.717) is 12.0 Å². The Hall–Kier alpha value is -2.62. The fraction of sp³-hybridized carbons (Fsp3) is 0.231. The highest BCUT2D eigenvalue weighted by Gasteiger charge is 2.35. The molecule has 0 saturated carbocycles. The zero-order chi connectivity index (χ0) is 19.8. The van der Waals surface area contributed by atoms with Gasteiger partial charge in [0.05, 0.1) is 7.11 Å². The highest BCUT2D eigenvalue weighted by molar-refractivity contribution is 7.19. The molecule has 4 aromatic rings. The topological polar surface area (TPSA) is 12.5 Å². The number of fused-ring (bicyclic) bond motifs is 3. The summed E-state index contributed by atoms with van der Waals surface area (Å²) in [6, 6.07) is 28.7. The molecule has 1 aromatic heterocycles. The Morgan fingerprint density at radius 3 is 2.59 bits per heavy atom. The Labute approximate surface area is 176 Å². The van der Waals surface area contributed by atoms with Gasteiger partial charge in [0, 0.05) is 34.6 Å². The molecule has 0 radical (unpaired) electrons. The van der Waals surface area contributed by atoms with E-state index >= 15 is 0 Å². The number of hydrogen-bond donors (Lipinski definition) is 0. The Kier molecular flexibility index (Phi) is 4.86. The van der Waals surface area contributed by atoms with Crippen LogP contribution < -0.4 is 4.74 Å². The van der Waals surface area contributed by atoms with Crippen molar-refractivity contribution in [3.05, 3.63) is 100 Å². The van der Waals surface area contributed by atoms with E-state index in [0.717, 1.165) is 18.8 Å². The van der Waals surface area contributed by atoms with Crippen LogP contribution in [0.25, 0.3) is 10.1 Å². The monoisotopic (exact) mass is 399 g/mol. The third-order valence-electron chi connectivity index (χ3n) is 6.11. The van der Waals surface area contributed by atoms with Crippen LogP contribution in [0.4, 0.5) is 0 Å². The van der Waals surface area contributed by atoms with Gasteiger partial charge in [-0.3, -0.25) is 4.90 Å². The smallest absolute Gasteiger partial charge is 0.119 e. The molecule has 1 aliphatic heterocycles. The molecule has 0 bridgehead atoms. The van der Waals surface area contributed by atoms with E-state index in [1.165, 1.54) is 31.7 Å². The van der Waals surface area contributed by atoms with Crippen LogP contribution in [0, 0.1) is 0 Å². The Morgan fingerprint density at radius 1 is 0.966 bits per heavy atom. The first-order valence-electron chi connectivity index (χ1n) is 10.2. The van der Waals surface area contributed by atoms with Crippen molar-refractivity contribution in [1.82, 2.24) is 4.90 Å². The van der Waals surface area contributed by atoms with E-state index in [4.69, 9.17) is 4.74 Å². The lowest BCUT2D eigenvalue weighted by Gasteiger charge is -2.40. The van der Waals surface area contributed by atoms with Crippen LogP contribution in [-0.4, -0.2) is 18.1 Å². The average Bonchev–Trinajstić information content (AvgIpc) is 3.13. The fourth-order valence-corrected chi connectivity index (χ4v) is 6.05. The third-order valence-corrected chi connectivity index (χ3v) is 7.41. The molecule has 0 amide bonds. The summed E-state index contributed by atoms with van der Waals surface area (Å²) < 4.78 is 6.84. The minimum Gasteiger partial charge on any atom is -0.497 e. The van der Waals surface area contributed by atoms with Crippen LogP contribution in [0.2, 0.25) is 0 Å². The molecule has 146 valence electrons. The van der Waals surface area contributed by atoms with Gasteiger partial charge in [-0.15, -0.1) is 11.3 Å². The lowest BCUT2D eigenvalue weighted by Crippen LogP contribution is -2.40. The van der Waals surface area contributed by atoms with Gasteiger partial charge in [-0.1, -0.05) is 60.7 Å². The summed E-state index contributed by atoms with van der Waals surface area (Å²) in [5, 5.41) is 1.41. The van der Waals surface area contributed by atoms with Gasteiger partial charge >= 0.3 is 0 Å². The molecule has 0 N–H and O–H groups in total. The van der Waals surface area contributed by atoms with E-state index in [1.807, 2.05) is 17.4 Å². The highest BCUT2D eigenvalue weighted by Crippen LogP contribution is 2.46. The molecule has 2 nitrogen and oxygen atoms in total. The van der Waals surface area contributed by atoms with E-state index < -0.39 is 0 Å². The second-order valence-electron chi connectivity index (χ2n) is 7.83. The van der Waals surface area contributed by atoms with Crippen molar-refractivity contribution in [2.75, 3.05) is 7.11 Å². The van der Waals surface area contributed by atoms with E-state index in [9.17, 15) is 0 Å². The maximum absolute atomic E-state index is 5.45. The van der Waals surface area contributed by atoms with Gasteiger partial charge in [0.25, 0.3) is 0 Å². The number of thiophene rings is 1. The van der Waals surface area contributed by atoms with Crippen LogP contribution >= 0.6 is 11.3 Å². The summed E-state index contributed by atoms with van der Waals surface area (Å²) in [6.07, 6.45) is 0. The summed E-state index contributed by atoms with van der Waals surface area (Å²) >= 11 is 1.97. The molecule has 2 atom stereocenters. The van der Waals surface area contributed by atoms with Crippen molar-refractivity contribution in [1.29, 1.82) is 0 Å². The van der Waals surface area contributed by atoms with Gasteiger partial charge in [-0.25, -0.2) is 0 Å². The van der Waals surface area contributed by atoms with Gasteiger partial charge in [-0.05, 0) is 47.2 Å². The van der Waals surface area contributed by atoms with Crippen molar-refractivity contribution in [2.24, 2.45) is 0 Å². The van der Waals surface area contributed by atoms with Crippen LogP contribution in [0.15, 0.2) is 78.9 Å². The van der Waals surface area contributed by atoms with Gasteiger partial charge in [0.2, 0.25) is 0 Å². The Balaban J connectivity index is 1.59. The number of nitrogens with zero attached hydrogens (tertiary/aromatic N) is 1. The standard InChI is InChI=1S/C26H25NOS/c1-18-25(20-10-4-3-5-11-20)26-23(22-13-6-7-14-24(22)29-26)17-27(18)16-19-9-8-12-21(15-19)28-2/h3-15,18,25H,16-17H2,1-2H3. The number of ether oxygens (including phenoxy) is 1. The molecule has 1 aliphatic rings. The lowest BCUT2D eigenvalue weighted by molar-refractivity contribution is 0.163. The minimum absolute atomic E-state index is 0.392. The summed E-state index contributed by atoms with van der Waals surface area (Å²) in [6.45, 7) is 4.29. The van der Waals surface area contributed by atoms with Gasteiger partial charge in [-0.2, -0.15) is 0 Å². The average molecular weight is 400 g/mol. The first-order chi connectivity index (χ1) is 14.2. The minimum atomic E-state index is 0.392. The number of benzene rings is 3.